The van der Waals surface area contributed by atoms with Gasteiger partial charge in [0.15, 0.2) is 5.76 Å². The van der Waals surface area contributed by atoms with E-state index in [1.165, 1.54) is 4.90 Å². The van der Waals surface area contributed by atoms with Crippen LogP contribution in [-0.2, 0) is 0 Å². The molecular weight excluding hydrogens is 414 g/mol. The number of fused-ring (bicyclic) bond motifs is 1. The molecule has 166 valence electrons. The normalized spacial score (nSPS) is 17.0. The zero-order valence-electron chi connectivity index (χ0n) is 17.6. The maximum Gasteiger partial charge on any atom is 0.287 e. The second kappa shape index (κ2) is 8.18. The van der Waals surface area contributed by atoms with Crippen LogP contribution in [0.5, 0.6) is 0 Å². The number of benzene rings is 2. The number of nitrogens with one attached hydrogen (secondary N) is 3. The SMILES string of the molecule is CC1(NC(=O)c2cc3ccc(-c4ccc(N(C=N)C=N)cc4)cc3o2)CCC(F)(F)CC1. The lowest BCUT2D eigenvalue weighted by molar-refractivity contribution is -0.0523. The van der Waals surface area contributed by atoms with Crippen LogP contribution in [0.3, 0.4) is 0 Å². The summed E-state index contributed by atoms with van der Waals surface area (Å²) in [5.41, 5.74) is 2.39. The van der Waals surface area contributed by atoms with Crippen molar-refractivity contribution in [3.05, 3.63) is 54.3 Å². The van der Waals surface area contributed by atoms with Crippen molar-refractivity contribution in [3.8, 4) is 11.1 Å². The molecule has 1 aromatic heterocycles. The van der Waals surface area contributed by atoms with Gasteiger partial charge in [0.05, 0.1) is 12.7 Å². The summed E-state index contributed by atoms with van der Waals surface area (Å²) in [6, 6.07) is 14.7. The van der Waals surface area contributed by atoms with E-state index in [0.717, 1.165) is 29.2 Å². The van der Waals surface area contributed by atoms with Gasteiger partial charge in [0, 0.05) is 29.5 Å². The Labute approximate surface area is 184 Å². The fourth-order valence-electron chi connectivity index (χ4n) is 3.96. The van der Waals surface area contributed by atoms with E-state index < -0.39 is 17.4 Å². The summed E-state index contributed by atoms with van der Waals surface area (Å²) >= 11 is 0. The van der Waals surface area contributed by atoms with E-state index >= 15 is 0 Å². The van der Waals surface area contributed by atoms with Gasteiger partial charge in [-0.2, -0.15) is 0 Å². The van der Waals surface area contributed by atoms with Gasteiger partial charge in [-0.15, -0.1) is 0 Å². The molecule has 1 aliphatic rings. The third-order valence-corrected chi connectivity index (χ3v) is 6.02. The molecule has 0 saturated heterocycles. The molecule has 3 aromatic rings. The first-order valence-electron chi connectivity index (χ1n) is 10.4. The summed E-state index contributed by atoms with van der Waals surface area (Å²) in [7, 11) is 0. The van der Waals surface area contributed by atoms with Crippen LogP contribution < -0.4 is 10.2 Å². The quantitative estimate of drug-likeness (QED) is 0.334. The predicted octanol–water partition coefficient (Wildman–Crippen LogP) is 5.82. The number of alkyl halides is 2. The van der Waals surface area contributed by atoms with Crippen LogP contribution >= 0.6 is 0 Å². The Bertz CT molecular complexity index is 1150. The van der Waals surface area contributed by atoms with Gasteiger partial charge in [0.2, 0.25) is 5.92 Å². The van der Waals surface area contributed by atoms with Gasteiger partial charge in [-0.25, -0.2) is 8.78 Å². The fraction of sp³-hybridized carbons (Fsp3) is 0.292. The number of halogens is 2. The van der Waals surface area contributed by atoms with Crippen molar-refractivity contribution in [2.75, 3.05) is 4.90 Å². The molecule has 32 heavy (non-hydrogen) atoms. The standard InChI is InChI=1S/C24H24F2N4O2/c1-23(8-10-24(25,26)11-9-23)29-22(31)21-13-18-3-2-17(12-20(18)32-21)16-4-6-19(7-5-16)30(14-27)15-28/h2-7,12-15,27-28H,8-11H2,1H3,(H,29,31). The number of hydrogen-bond acceptors (Lipinski definition) is 4. The first kappa shape index (κ1) is 21.7. The fourth-order valence-corrected chi connectivity index (χ4v) is 3.96. The van der Waals surface area contributed by atoms with Crippen LogP contribution in [0.25, 0.3) is 22.1 Å². The Kier molecular flexibility index (Phi) is 5.54. The van der Waals surface area contributed by atoms with Crippen molar-refractivity contribution in [2.24, 2.45) is 0 Å². The Hall–Kier alpha value is -3.55. The molecule has 0 aliphatic heterocycles. The highest BCUT2D eigenvalue weighted by Gasteiger charge is 2.41. The molecule has 1 amide bonds. The van der Waals surface area contributed by atoms with Gasteiger partial charge < -0.3 is 9.73 Å². The second-order valence-corrected chi connectivity index (χ2v) is 8.45. The number of nitrogens with zero attached hydrogens (tertiary/aromatic N) is 1. The van der Waals surface area contributed by atoms with E-state index in [9.17, 15) is 13.6 Å². The number of rotatable bonds is 6. The van der Waals surface area contributed by atoms with Gasteiger partial charge in [0.25, 0.3) is 5.91 Å². The van der Waals surface area contributed by atoms with E-state index in [1.807, 2.05) is 42.5 Å². The first-order valence-corrected chi connectivity index (χ1v) is 10.4. The van der Waals surface area contributed by atoms with E-state index in [0.29, 0.717) is 11.3 Å². The smallest absolute Gasteiger partial charge is 0.287 e. The molecule has 0 unspecified atom stereocenters. The van der Waals surface area contributed by atoms with Gasteiger partial charge in [-0.1, -0.05) is 24.3 Å². The monoisotopic (exact) mass is 438 g/mol. The minimum Gasteiger partial charge on any atom is -0.451 e. The van der Waals surface area contributed by atoms with E-state index in [1.54, 1.807) is 13.0 Å². The van der Waals surface area contributed by atoms with Crippen LogP contribution in [0.2, 0.25) is 0 Å². The molecule has 1 heterocycles. The number of carbonyl (C=O) groups is 1. The van der Waals surface area contributed by atoms with Crippen molar-refractivity contribution in [1.29, 1.82) is 10.8 Å². The van der Waals surface area contributed by atoms with Gasteiger partial charge >= 0.3 is 0 Å². The molecule has 2 aromatic carbocycles. The average Bonchev–Trinajstić information content (AvgIpc) is 3.21. The summed E-state index contributed by atoms with van der Waals surface area (Å²) in [4.78, 5) is 14.1. The number of amides is 1. The lowest BCUT2D eigenvalue weighted by atomic mass is 9.81. The van der Waals surface area contributed by atoms with E-state index in [-0.39, 0.29) is 31.4 Å². The van der Waals surface area contributed by atoms with Crippen molar-refractivity contribution in [3.63, 3.8) is 0 Å². The number of furan rings is 1. The van der Waals surface area contributed by atoms with Crippen molar-refractivity contribution in [2.45, 2.75) is 44.1 Å². The summed E-state index contributed by atoms with van der Waals surface area (Å²) in [6.45, 7) is 1.79. The van der Waals surface area contributed by atoms with Crippen molar-refractivity contribution >= 4 is 35.2 Å². The Morgan fingerprint density at radius 3 is 2.25 bits per heavy atom. The Balaban J connectivity index is 1.52. The predicted molar refractivity (Wildman–Crippen MR) is 121 cm³/mol. The van der Waals surface area contributed by atoms with Gasteiger partial charge in [0.1, 0.15) is 5.58 Å². The Morgan fingerprint density at radius 1 is 1.00 bits per heavy atom. The zero-order chi connectivity index (χ0) is 22.9. The third kappa shape index (κ3) is 4.39. The van der Waals surface area contributed by atoms with Crippen LogP contribution in [-0.4, -0.2) is 30.0 Å². The minimum atomic E-state index is -2.66. The highest BCUT2D eigenvalue weighted by Crippen LogP contribution is 2.38. The van der Waals surface area contributed by atoms with Crippen molar-refractivity contribution in [1.82, 2.24) is 5.32 Å². The Morgan fingerprint density at radius 2 is 1.62 bits per heavy atom. The maximum absolute atomic E-state index is 13.5. The highest BCUT2D eigenvalue weighted by atomic mass is 19.3. The topological polar surface area (TPSA) is 93.2 Å². The molecule has 6 nitrogen and oxygen atoms in total. The molecule has 3 N–H and O–H groups in total. The molecule has 1 saturated carbocycles. The van der Waals surface area contributed by atoms with Crippen LogP contribution in [0.15, 0.2) is 52.9 Å². The lowest BCUT2D eigenvalue weighted by Crippen LogP contribution is -2.50. The molecular formula is C24H24F2N4O2. The zero-order valence-corrected chi connectivity index (χ0v) is 17.6. The third-order valence-electron chi connectivity index (χ3n) is 6.02. The number of anilines is 1. The van der Waals surface area contributed by atoms with Crippen LogP contribution in [0, 0.1) is 10.8 Å². The molecule has 0 spiro atoms. The summed E-state index contributed by atoms with van der Waals surface area (Å²) in [5.74, 6) is -2.91. The molecule has 1 fully saturated rings. The summed E-state index contributed by atoms with van der Waals surface area (Å²) < 4.78 is 32.7. The molecule has 0 atom stereocenters. The first-order chi connectivity index (χ1) is 15.2. The maximum atomic E-state index is 13.5. The van der Waals surface area contributed by atoms with Crippen molar-refractivity contribution < 1.29 is 18.0 Å². The largest absolute Gasteiger partial charge is 0.451 e. The lowest BCUT2D eigenvalue weighted by Gasteiger charge is -2.37. The summed E-state index contributed by atoms with van der Waals surface area (Å²) in [6.07, 6.45) is 2.09. The number of hydrogen-bond donors (Lipinski definition) is 3. The molecule has 1 aliphatic carbocycles. The minimum absolute atomic E-state index is 0.152. The number of carbonyl (C=O) groups excluding carboxylic acids is 1. The van der Waals surface area contributed by atoms with Crippen LogP contribution in [0.4, 0.5) is 14.5 Å². The van der Waals surface area contributed by atoms with E-state index in [4.69, 9.17) is 15.2 Å². The van der Waals surface area contributed by atoms with Crippen LogP contribution in [0.1, 0.15) is 43.2 Å². The summed E-state index contributed by atoms with van der Waals surface area (Å²) in [5, 5.41) is 18.3. The highest BCUT2D eigenvalue weighted by molar-refractivity contribution is 5.98. The van der Waals surface area contributed by atoms with Gasteiger partial charge in [-0.05, 0) is 55.2 Å². The average molecular weight is 438 g/mol. The second-order valence-electron chi connectivity index (χ2n) is 8.45. The molecule has 4 rings (SSSR count). The molecule has 0 radical (unpaired) electrons. The molecule has 8 heteroatoms. The van der Waals surface area contributed by atoms with Gasteiger partial charge in [-0.3, -0.25) is 20.5 Å². The molecule has 0 bridgehead atoms. The van der Waals surface area contributed by atoms with E-state index in [2.05, 4.69) is 5.32 Å².